The number of esters is 1. The van der Waals surface area contributed by atoms with E-state index >= 15 is 0 Å². The summed E-state index contributed by atoms with van der Waals surface area (Å²) in [5.41, 5.74) is 0. The molecule has 0 aliphatic heterocycles. The molecule has 0 aromatic rings. The normalized spacial score (nSPS) is 13.2. The number of ketones is 1. The number of unbranched alkanes of at least 4 members (excludes halogenated alkanes) is 24. The summed E-state index contributed by atoms with van der Waals surface area (Å²) in [7, 11) is -4.70. The van der Waals surface area contributed by atoms with Gasteiger partial charge in [0.1, 0.15) is 19.3 Å². The number of hydrogen-bond donors (Lipinski definition) is 4. The van der Waals surface area contributed by atoms with Crippen LogP contribution in [-0.4, -0.2) is 69.9 Å². The van der Waals surface area contributed by atoms with Gasteiger partial charge in [-0.15, -0.1) is 0 Å². The van der Waals surface area contributed by atoms with E-state index in [-0.39, 0.29) is 19.2 Å². The van der Waals surface area contributed by atoms with Crippen LogP contribution in [0.15, 0.2) is 12.2 Å². The van der Waals surface area contributed by atoms with Gasteiger partial charge in [-0.1, -0.05) is 161 Å². The van der Waals surface area contributed by atoms with Gasteiger partial charge in [0.2, 0.25) is 5.78 Å². The minimum absolute atomic E-state index is 0.114. The maximum absolute atomic E-state index is 12.4. The molecule has 0 amide bonds. The molecule has 0 saturated carbocycles. The number of carbonyl (C=O) groups is 2. The van der Waals surface area contributed by atoms with Crippen molar-refractivity contribution >= 4 is 19.7 Å². The average Bonchev–Trinajstić information content (AvgIpc) is 3.09. The Hall–Kier alpha value is -0.930. The van der Waals surface area contributed by atoms with Crippen LogP contribution < -0.4 is 0 Å². The molecular weight excluding hydrogens is 655 g/mol. The van der Waals surface area contributed by atoms with E-state index in [2.05, 4.69) is 26.0 Å². The predicted octanol–water partition coefficient (Wildman–Crippen LogP) is 10.1. The van der Waals surface area contributed by atoms with Gasteiger partial charge in [0, 0.05) is 13.0 Å². The molecule has 0 bridgehead atoms. The highest BCUT2D eigenvalue weighted by atomic mass is 31.2. The van der Waals surface area contributed by atoms with Crippen molar-refractivity contribution in [3.63, 3.8) is 0 Å². The molecule has 0 aromatic heterocycles. The second-order valence-corrected chi connectivity index (χ2v) is 15.7. The van der Waals surface area contributed by atoms with Gasteiger partial charge in [-0.05, 0) is 38.5 Å². The van der Waals surface area contributed by atoms with Crippen LogP contribution in [0.5, 0.6) is 0 Å². The summed E-state index contributed by atoms with van der Waals surface area (Å²) < 4.78 is 16.6. The molecule has 0 radical (unpaired) electrons. The second-order valence-electron chi connectivity index (χ2n) is 14.0. The fraction of sp³-hybridized carbons (Fsp3) is 0.900. The van der Waals surface area contributed by atoms with Crippen molar-refractivity contribution < 1.29 is 43.6 Å². The summed E-state index contributed by atoms with van der Waals surface area (Å²) in [6.07, 6.45) is 36.9. The van der Waals surface area contributed by atoms with E-state index in [0.29, 0.717) is 13.0 Å². The largest absolute Gasteiger partial charge is 0.463 e. The summed E-state index contributed by atoms with van der Waals surface area (Å²) in [4.78, 5) is 53.2. The Morgan fingerprint density at radius 1 is 0.560 bits per heavy atom. The van der Waals surface area contributed by atoms with Gasteiger partial charge in [0.05, 0.1) is 6.61 Å². The maximum atomic E-state index is 12.4. The molecule has 9 nitrogen and oxygen atoms in total. The van der Waals surface area contributed by atoms with Crippen LogP contribution in [0, 0.1) is 0 Å². The Labute approximate surface area is 306 Å². The fourth-order valence-corrected chi connectivity index (χ4v) is 6.71. The zero-order valence-corrected chi connectivity index (χ0v) is 33.1. The highest BCUT2D eigenvalue weighted by Gasteiger charge is 2.49. The number of ether oxygens (including phenoxy) is 3. The molecule has 0 aliphatic carbocycles. The van der Waals surface area contributed by atoms with Crippen LogP contribution in [0.2, 0.25) is 0 Å². The quantitative estimate of drug-likeness (QED) is 0.0210. The number of carbonyl (C=O) groups excluding carboxylic acids is 2. The van der Waals surface area contributed by atoms with E-state index in [9.17, 15) is 24.3 Å². The first-order valence-corrected chi connectivity index (χ1v) is 22.2. The van der Waals surface area contributed by atoms with Gasteiger partial charge >= 0.3 is 19.8 Å². The molecule has 0 heterocycles. The van der Waals surface area contributed by atoms with Crippen molar-refractivity contribution in [2.75, 3.05) is 26.4 Å². The molecular formula is C40H78O9P+. The summed E-state index contributed by atoms with van der Waals surface area (Å²) in [6, 6.07) is 0. The number of hydrogen-bond acceptors (Lipinski definition) is 9. The van der Waals surface area contributed by atoms with Crippen molar-refractivity contribution in [3.8, 4) is 0 Å². The number of allylic oxidation sites excluding steroid dienone is 2. The molecule has 0 fully saturated rings. The third kappa shape index (κ3) is 32.9. The molecule has 1 unspecified atom stereocenters. The topological polar surface area (TPSA) is 143 Å². The van der Waals surface area contributed by atoms with E-state index in [4.69, 9.17) is 19.3 Å². The monoisotopic (exact) mass is 734 g/mol. The molecule has 10 heteroatoms. The zero-order valence-electron chi connectivity index (χ0n) is 32.2. The molecule has 0 rings (SSSR count). The van der Waals surface area contributed by atoms with E-state index in [1.807, 2.05) is 0 Å². The van der Waals surface area contributed by atoms with E-state index in [0.717, 1.165) is 51.4 Å². The minimum Gasteiger partial charge on any atom is -0.463 e. The zero-order chi connectivity index (χ0) is 37.0. The number of Topliss-reactive ketones (excluding diaryl/α,β-unsaturated/α-hetero) is 1. The maximum Gasteiger partial charge on any atom is 0.443 e. The van der Waals surface area contributed by atoms with Crippen molar-refractivity contribution in [2.45, 2.75) is 206 Å². The van der Waals surface area contributed by atoms with Crippen molar-refractivity contribution in [1.82, 2.24) is 0 Å². The van der Waals surface area contributed by atoms with Crippen LogP contribution in [0.1, 0.15) is 194 Å². The van der Waals surface area contributed by atoms with Gasteiger partial charge in [-0.2, -0.15) is 14.7 Å². The third-order valence-electron chi connectivity index (χ3n) is 9.11. The standard InChI is InChI=1S/C40H78O9P/c1-3-5-7-9-11-13-15-17-18-19-21-23-25-27-29-31-33-47-37(36-49-40(38(42)34-41)50(44,45)46)35-48-39(43)32-30-28-26-24-22-20-16-14-12-10-8-6-4-2/h17-18,37,40-41,44-46H,3-16,19-36H2,1-2H3/q+1/t37-,40?/m1/s1. The van der Waals surface area contributed by atoms with Crippen molar-refractivity contribution in [1.29, 1.82) is 0 Å². The highest BCUT2D eigenvalue weighted by Crippen LogP contribution is 2.51. The van der Waals surface area contributed by atoms with Gasteiger partial charge in [0.15, 0.2) is 0 Å². The number of aliphatic hydroxyl groups excluding tert-OH is 1. The van der Waals surface area contributed by atoms with Crippen LogP contribution in [0.4, 0.5) is 0 Å². The molecule has 0 aliphatic rings. The Bertz CT molecular complexity index is 787. The molecule has 4 N–H and O–H groups in total. The fourth-order valence-electron chi connectivity index (χ4n) is 5.95. The van der Waals surface area contributed by atoms with Crippen molar-refractivity contribution in [2.24, 2.45) is 0 Å². The molecule has 50 heavy (non-hydrogen) atoms. The van der Waals surface area contributed by atoms with Crippen LogP contribution in [0.25, 0.3) is 0 Å². The average molecular weight is 734 g/mol. The van der Waals surface area contributed by atoms with Gasteiger partial charge in [0.25, 0.3) is 0 Å². The van der Waals surface area contributed by atoms with Crippen molar-refractivity contribution in [3.05, 3.63) is 12.2 Å². The summed E-state index contributed by atoms with van der Waals surface area (Å²) in [6.45, 7) is 3.45. The van der Waals surface area contributed by atoms with Crippen LogP contribution >= 0.6 is 7.94 Å². The summed E-state index contributed by atoms with van der Waals surface area (Å²) in [5, 5.41) is 9.14. The van der Waals surface area contributed by atoms with E-state index < -0.39 is 32.3 Å². The van der Waals surface area contributed by atoms with Crippen LogP contribution in [-0.2, 0) is 23.8 Å². The van der Waals surface area contributed by atoms with Gasteiger partial charge < -0.3 is 19.3 Å². The molecule has 0 spiro atoms. The smallest absolute Gasteiger partial charge is 0.443 e. The first-order valence-electron chi connectivity index (χ1n) is 20.5. The summed E-state index contributed by atoms with van der Waals surface area (Å²) >= 11 is 0. The van der Waals surface area contributed by atoms with E-state index in [1.54, 1.807) is 0 Å². The van der Waals surface area contributed by atoms with E-state index in [1.165, 1.54) is 122 Å². The Morgan fingerprint density at radius 2 is 0.980 bits per heavy atom. The Morgan fingerprint density at radius 3 is 1.42 bits per heavy atom. The lowest BCUT2D eigenvalue weighted by molar-refractivity contribution is -0.151. The molecule has 2 atom stereocenters. The highest BCUT2D eigenvalue weighted by molar-refractivity contribution is 7.60. The SMILES string of the molecule is CCCCCCCCC=CCCCCCCCCO[C@H](COC(=O)CCCCCCCCCCCCCCC)COC(C(=O)CO)[P+](O)(O)O. The first kappa shape index (κ1) is 49.1. The third-order valence-corrected chi connectivity index (χ3v) is 10.2. The number of rotatable bonds is 39. The van der Waals surface area contributed by atoms with Crippen LogP contribution in [0.3, 0.4) is 0 Å². The number of aliphatic hydroxyl groups is 1. The molecule has 0 saturated heterocycles. The van der Waals surface area contributed by atoms with Gasteiger partial charge in [-0.3, -0.25) is 9.59 Å². The predicted molar refractivity (Wildman–Crippen MR) is 206 cm³/mol. The Balaban J connectivity index is 4.25. The summed E-state index contributed by atoms with van der Waals surface area (Å²) in [5.74, 6) is -3.35. The minimum atomic E-state index is -4.70. The second kappa shape index (κ2) is 36.4. The molecule has 0 aromatic carbocycles. The first-order chi connectivity index (χ1) is 24.3. The Kier molecular flexibility index (Phi) is 35.8. The lowest BCUT2D eigenvalue weighted by Gasteiger charge is -2.21. The lowest BCUT2D eigenvalue weighted by atomic mass is 10.0. The molecule has 296 valence electrons. The lowest BCUT2D eigenvalue weighted by Crippen LogP contribution is -2.35. The van der Waals surface area contributed by atoms with Gasteiger partial charge in [-0.25, -0.2) is 0 Å².